The van der Waals surface area contributed by atoms with Crippen molar-refractivity contribution in [1.29, 1.82) is 0 Å². The SMILES string of the molecule is COc1c(C)cc(Oc2c(C)cc(C)cc2CBr)cc1C. The van der Waals surface area contributed by atoms with Gasteiger partial charge < -0.3 is 9.47 Å². The maximum atomic E-state index is 6.16. The third-order valence-corrected chi connectivity index (χ3v) is 4.10. The molecule has 0 aromatic heterocycles. The van der Waals surface area contributed by atoms with Gasteiger partial charge in [-0.3, -0.25) is 0 Å². The highest BCUT2D eigenvalue weighted by Gasteiger charge is 2.11. The van der Waals surface area contributed by atoms with Crippen molar-refractivity contribution in [3.05, 3.63) is 52.1 Å². The van der Waals surface area contributed by atoms with E-state index in [1.807, 2.05) is 26.0 Å². The highest BCUT2D eigenvalue weighted by Crippen LogP contribution is 2.35. The number of alkyl halides is 1. The fourth-order valence-electron chi connectivity index (χ4n) is 2.70. The Morgan fingerprint density at radius 1 is 0.857 bits per heavy atom. The highest BCUT2D eigenvalue weighted by atomic mass is 79.9. The second-order valence-corrected chi connectivity index (χ2v) is 5.96. The Morgan fingerprint density at radius 3 is 1.95 bits per heavy atom. The van der Waals surface area contributed by atoms with Crippen LogP contribution in [0.2, 0.25) is 0 Å². The zero-order valence-electron chi connectivity index (χ0n) is 13.2. The molecule has 0 fully saturated rings. The molecule has 0 aliphatic heterocycles. The van der Waals surface area contributed by atoms with E-state index in [4.69, 9.17) is 9.47 Å². The van der Waals surface area contributed by atoms with Crippen LogP contribution in [0.25, 0.3) is 0 Å². The molecule has 2 aromatic rings. The minimum absolute atomic E-state index is 0.777. The first-order valence-electron chi connectivity index (χ1n) is 6.95. The maximum absolute atomic E-state index is 6.16. The third kappa shape index (κ3) is 3.41. The van der Waals surface area contributed by atoms with Gasteiger partial charge in [-0.2, -0.15) is 0 Å². The number of ether oxygens (including phenoxy) is 2. The molecule has 0 unspecified atom stereocenters. The van der Waals surface area contributed by atoms with E-state index in [9.17, 15) is 0 Å². The van der Waals surface area contributed by atoms with Gasteiger partial charge in [0.15, 0.2) is 0 Å². The van der Waals surface area contributed by atoms with Crippen molar-refractivity contribution in [3.63, 3.8) is 0 Å². The van der Waals surface area contributed by atoms with Crippen LogP contribution in [0.5, 0.6) is 17.2 Å². The monoisotopic (exact) mass is 348 g/mol. The lowest BCUT2D eigenvalue weighted by Gasteiger charge is -2.16. The second-order valence-electron chi connectivity index (χ2n) is 5.40. The molecule has 0 saturated heterocycles. The first kappa shape index (κ1) is 15.9. The molecular weight excluding hydrogens is 328 g/mol. The van der Waals surface area contributed by atoms with Gasteiger partial charge in [0.1, 0.15) is 17.2 Å². The van der Waals surface area contributed by atoms with Gasteiger partial charge in [0.25, 0.3) is 0 Å². The van der Waals surface area contributed by atoms with E-state index in [1.54, 1.807) is 7.11 Å². The second kappa shape index (κ2) is 6.52. The number of benzene rings is 2. The summed E-state index contributed by atoms with van der Waals surface area (Å²) in [6, 6.07) is 8.33. The molecule has 0 bridgehead atoms. The van der Waals surface area contributed by atoms with Gasteiger partial charge in [-0.05, 0) is 56.5 Å². The van der Waals surface area contributed by atoms with Crippen LogP contribution in [0.4, 0.5) is 0 Å². The number of halogens is 1. The van der Waals surface area contributed by atoms with E-state index in [0.717, 1.165) is 39.3 Å². The number of rotatable bonds is 4. The Kier molecular flexibility index (Phi) is 4.94. The lowest BCUT2D eigenvalue weighted by Crippen LogP contribution is -1.97. The maximum Gasteiger partial charge on any atom is 0.134 e. The molecule has 0 N–H and O–H groups in total. The largest absolute Gasteiger partial charge is 0.496 e. The summed E-state index contributed by atoms with van der Waals surface area (Å²) in [4.78, 5) is 0. The Balaban J connectivity index is 2.43. The Hall–Kier alpha value is -1.48. The van der Waals surface area contributed by atoms with Crippen LogP contribution in [-0.4, -0.2) is 7.11 Å². The van der Waals surface area contributed by atoms with E-state index in [2.05, 4.69) is 41.9 Å². The lowest BCUT2D eigenvalue weighted by atomic mass is 10.1. The fraction of sp³-hybridized carbons (Fsp3) is 0.333. The molecule has 21 heavy (non-hydrogen) atoms. The van der Waals surface area contributed by atoms with Crippen molar-refractivity contribution in [2.45, 2.75) is 33.0 Å². The number of hydrogen-bond acceptors (Lipinski definition) is 2. The smallest absolute Gasteiger partial charge is 0.134 e. The minimum Gasteiger partial charge on any atom is -0.496 e. The summed E-state index contributed by atoms with van der Waals surface area (Å²) < 4.78 is 11.6. The first-order chi connectivity index (χ1) is 9.96. The third-order valence-electron chi connectivity index (χ3n) is 3.50. The predicted octanol–water partition coefficient (Wildman–Crippen LogP) is 5.62. The van der Waals surface area contributed by atoms with Crippen LogP contribution < -0.4 is 9.47 Å². The van der Waals surface area contributed by atoms with Crippen molar-refractivity contribution >= 4 is 15.9 Å². The summed E-state index contributed by atoms with van der Waals surface area (Å²) in [6.45, 7) is 8.25. The van der Waals surface area contributed by atoms with Gasteiger partial charge in [-0.25, -0.2) is 0 Å². The van der Waals surface area contributed by atoms with E-state index in [-0.39, 0.29) is 0 Å². The molecule has 3 heteroatoms. The Labute approximate surface area is 135 Å². The molecule has 0 saturated carbocycles. The van der Waals surface area contributed by atoms with E-state index in [0.29, 0.717) is 0 Å². The highest BCUT2D eigenvalue weighted by molar-refractivity contribution is 9.08. The molecule has 0 spiro atoms. The summed E-state index contributed by atoms with van der Waals surface area (Å²) >= 11 is 3.54. The van der Waals surface area contributed by atoms with Crippen molar-refractivity contribution in [2.24, 2.45) is 0 Å². The number of methoxy groups -OCH3 is 1. The molecule has 2 rings (SSSR count). The van der Waals surface area contributed by atoms with Crippen LogP contribution in [0.3, 0.4) is 0 Å². The Morgan fingerprint density at radius 2 is 1.43 bits per heavy atom. The zero-order valence-corrected chi connectivity index (χ0v) is 14.8. The lowest BCUT2D eigenvalue weighted by molar-refractivity contribution is 0.406. The van der Waals surface area contributed by atoms with Crippen molar-refractivity contribution in [2.75, 3.05) is 7.11 Å². The van der Waals surface area contributed by atoms with Gasteiger partial charge in [0.2, 0.25) is 0 Å². The standard InChI is InChI=1S/C18H21BrO2/c1-11-6-12(2)18(15(7-11)10-19)21-16-8-13(3)17(20-5)14(4)9-16/h6-9H,10H2,1-5H3. The minimum atomic E-state index is 0.777. The van der Waals surface area contributed by atoms with Gasteiger partial charge in [-0.15, -0.1) is 0 Å². The van der Waals surface area contributed by atoms with Crippen LogP contribution in [0.1, 0.15) is 27.8 Å². The zero-order chi connectivity index (χ0) is 15.6. The summed E-state index contributed by atoms with van der Waals surface area (Å²) in [5.41, 5.74) is 5.72. The summed E-state index contributed by atoms with van der Waals surface area (Å²) in [6.07, 6.45) is 0. The molecule has 0 atom stereocenters. The van der Waals surface area contributed by atoms with Crippen LogP contribution >= 0.6 is 15.9 Å². The van der Waals surface area contributed by atoms with Crippen LogP contribution in [0.15, 0.2) is 24.3 Å². The van der Waals surface area contributed by atoms with Crippen LogP contribution in [-0.2, 0) is 5.33 Å². The summed E-state index contributed by atoms with van der Waals surface area (Å²) in [5.74, 6) is 2.70. The summed E-state index contributed by atoms with van der Waals surface area (Å²) in [7, 11) is 1.70. The van der Waals surface area contributed by atoms with Gasteiger partial charge in [0, 0.05) is 10.9 Å². The molecule has 0 heterocycles. The van der Waals surface area contributed by atoms with Crippen LogP contribution in [0, 0.1) is 27.7 Å². The van der Waals surface area contributed by atoms with Gasteiger partial charge in [0.05, 0.1) is 7.11 Å². The molecule has 0 amide bonds. The average molecular weight is 349 g/mol. The topological polar surface area (TPSA) is 18.5 Å². The molecule has 2 aromatic carbocycles. The fourth-order valence-corrected chi connectivity index (χ4v) is 3.11. The number of aryl methyl sites for hydroxylation is 4. The molecule has 0 radical (unpaired) electrons. The van der Waals surface area contributed by atoms with E-state index >= 15 is 0 Å². The summed E-state index contributed by atoms with van der Waals surface area (Å²) in [5, 5.41) is 0.777. The Bertz CT molecular complexity index is 640. The average Bonchev–Trinajstić information content (AvgIpc) is 2.41. The molecular formula is C18H21BrO2. The van der Waals surface area contributed by atoms with Crippen molar-refractivity contribution < 1.29 is 9.47 Å². The van der Waals surface area contributed by atoms with Gasteiger partial charge >= 0.3 is 0 Å². The quantitative estimate of drug-likeness (QED) is 0.668. The van der Waals surface area contributed by atoms with Crippen molar-refractivity contribution in [3.8, 4) is 17.2 Å². The van der Waals surface area contributed by atoms with Crippen molar-refractivity contribution in [1.82, 2.24) is 0 Å². The van der Waals surface area contributed by atoms with E-state index < -0.39 is 0 Å². The number of hydrogen-bond donors (Lipinski definition) is 0. The molecule has 0 aliphatic carbocycles. The molecule has 2 nitrogen and oxygen atoms in total. The normalized spacial score (nSPS) is 10.6. The predicted molar refractivity (Wildman–Crippen MR) is 91.1 cm³/mol. The molecule has 112 valence electrons. The van der Waals surface area contributed by atoms with E-state index in [1.165, 1.54) is 11.1 Å². The van der Waals surface area contributed by atoms with Gasteiger partial charge in [-0.1, -0.05) is 33.6 Å². The first-order valence-corrected chi connectivity index (χ1v) is 8.07. The molecule has 0 aliphatic rings.